The summed E-state index contributed by atoms with van der Waals surface area (Å²) in [6, 6.07) is 0. The molecule has 2 aliphatic rings. The van der Waals surface area contributed by atoms with Crippen LogP contribution in [0, 0.1) is 29.1 Å². The molecule has 0 aromatic heterocycles. The van der Waals surface area contributed by atoms with Crippen LogP contribution in [0.3, 0.4) is 0 Å². The molecule has 94 valence electrons. The molecule has 1 nitrogen and oxygen atoms in total. The first kappa shape index (κ1) is 12.4. The zero-order valence-corrected chi connectivity index (χ0v) is 11.5. The van der Waals surface area contributed by atoms with E-state index in [9.17, 15) is 0 Å². The molecule has 1 heterocycles. The normalized spacial score (nSPS) is 40.1. The highest BCUT2D eigenvalue weighted by atomic mass is 16.5. The first-order valence-electron chi connectivity index (χ1n) is 7.14. The van der Waals surface area contributed by atoms with Crippen LogP contribution < -0.4 is 0 Å². The first-order chi connectivity index (χ1) is 7.57. The topological polar surface area (TPSA) is 9.23 Å². The second-order valence-electron chi connectivity index (χ2n) is 6.73. The second kappa shape index (κ2) is 4.68. The van der Waals surface area contributed by atoms with Gasteiger partial charge in [-0.05, 0) is 48.3 Å². The molecular weight excluding hydrogens is 196 g/mol. The Balaban J connectivity index is 2.23. The maximum atomic E-state index is 5.75. The highest BCUT2D eigenvalue weighted by molar-refractivity contribution is 4.97. The zero-order chi connectivity index (χ0) is 11.8. The Labute approximate surface area is 101 Å². The standard InChI is InChI=1S/C15H28O/c1-11(2)13-6-5-7-15(8-9-16-10-15)14(13)12(3)4/h11-14H,5-10H2,1-4H3. The van der Waals surface area contributed by atoms with Crippen molar-refractivity contribution in [2.75, 3.05) is 13.2 Å². The van der Waals surface area contributed by atoms with Crippen molar-refractivity contribution >= 4 is 0 Å². The molecule has 0 bridgehead atoms. The van der Waals surface area contributed by atoms with E-state index >= 15 is 0 Å². The molecule has 16 heavy (non-hydrogen) atoms. The summed E-state index contributed by atoms with van der Waals surface area (Å²) in [5.74, 6) is 3.47. The fourth-order valence-corrected chi connectivity index (χ4v) is 4.52. The summed E-state index contributed by atoms with van der Waals surface area (Å²) in [6.45, 7) is 11.7. The molecule has 1 aliphatic carbocycles. The van der Waals surface area contributed by atoms with Crippen LogP contribution in [0.2, 0.25) is 0 Å². The number of rotatable bonds is 2. The van der Waals surface area contributed by atoms with Gasteiger partial charge in [0, 0.05) is 6.61 Å². The summed E-state index contributed by atoms with van der Waals surface area (Å²) in [4.78, 5) is 0. The van der Waals surface area contributed by atoms with Gasteiger partial charge in [0.1, 0.15) is 0 Å². The van der Waals surface area contributed by atoms with Crippen molar-refractivity contribution in [1.82, 2.24) is 0 Å². The van der Waals surface area contributed by atoms with E-state index < -0.39 is 0 Å². The minimum absolute atomic E-state index is 0.543. The van der Waals surface area contributed by atoms with Crippen molar-refractivity contribution in [3.63, 3.8) is 0 Å². The molecule has 1 heteroatoms. The van der Waals surface area contributed by atoms with Gasteiger partial charge in [0.25, 0.3) is 0 Å². The van der Waals surface area contributed by atoms with E-state index in [1.54, 1.807) is 0 Å². The highest BCUT2D eigenvalue weighted by Gasteiger charge is 2.49. The Kier molecular flexibility index (Phi) is 3.63. The van der Waals surface area contributed by atoms with Crippen LogP contribution in [0.4, 0.5) is 0 Å². The maximum Gasteiger partial charge on any atom is 0.0526 e. The van der Waals surface area contributed by atoms with Crippen molar-refractivity contribution in [1.29, 1.82) is 0 Å². The highest BCUT2D eigenvalue weighted by Crippen LogP contribution is 2.54. The van der Waals surface area contributed by atoms with Crippen LogP contribution in [0.15, 0.2) is 0 Å². The third-order valence-electron chi connectivity index (χ3n) is 5.09. The minimum Gasteiger partial charge on any atom is -0.381 e. The van der Waals surface area contributed by atoms with Gasteiger partial charge in [-0.2, -0.15) is 0 Å². The smallest absolute Gasteiger partial charge is 0.0526 e. The third kappa shape index (κ3) is 2.03. The van der Waals surface area contributed by atoms with Gasteiger partial charge < -0.3 is 4.74 Å². The summed E-state index contributed by atoms with van der Waals surface area (Å²) in [6.07, 6.45) is 5.61. The Hall–Kier alpha value is -0.0400. The minimum atomic E-state index is 0.543. The third-order valence-corrected chi connectivity index (χ3v) is 5.09. The van der Waals surface area contributed by atoms with Gasteiger partial charge in [0.2, 0.25) is 0 Å². The lowest BCUT2D eigenvalue weighted by Crippen LogP contribution is -2.44. The van der Waals surface area contributed by atoms with E-state index in [2.05, 4.69) is 27.7 Å². The summed E-state index contributed by atoms with van der Waals surface area (Å²) in [7, 11) is 0. The Bertz CT molecular complexity index is 226. The Morgan fingerprint density at radius 3 is 2.31 bits per heavy atom. The molecule has 1 spiro atoms. The number of ether oxygens (including phenoxy) is 1. The largest absolute Gasteiger partial charge is 0.381 e. The summed E-state index contributed by atoms with van der Waals surface area (Å²) < 4.78 is 5.75. The van der Waals surface area contributed by atoms with Gasteiger partial charge in [-0.1, -0.05) is 34.1 Å². The van der Waals surface area contributed by atoms with Crippen molar-refractivity contribution in [2.24, 2.45) is 29.1 Å². The van der Waals surface area contributed by atoms with Crippen LogP contribution in [0.25, 0.3) is 0 Å². The lowest BCUT2D eigenvalue weighted by Gasteiger charge is -2.49. The fraction of sp³-hybridized carbons (Fsp3) is 1.00. The maximum absolute atomic E-state index is 5.75. The average Bonchev–Trinajstić information content (AvgIpc) is 2.65. The molecule has 3 unspecified atom stereocenters. The van der Waals surface area contributed by atoms with Crippen molar-refractivity contribution in [3.8, 4) is 0 Å². The van der Waals surface area contributed by atoms with Crippen LogP contribution in [0.1, 0.15) is 53.4 Å². The van der Waals surface area contributed by atoms with Crippen LogP contribution in [-0.4, -0.2) is 13.2 Å². The van der Waals surface area contributed by atoms with Gasteiger partial charge in [0.15, 0.2) is 0 Å². The van der Waals surface area contributed by atoms with Crippen LogP contribution in [0.5, 0.6) is 0 Å². The Morgan fingerprint density at radius 1 is 1.06 bits per heavy atom. The van der Waals surface area contributed by atoms with E-state index in [0.717, 1.165) is 36.9 Å². The Morgan fingerprint density at radius 2 is 1.81 bits per heavy atom. The predicted molar refractivity (Wildman–Crippen MR) is 68.4 cm³/mol. The van der Waals surface area contributed by atoms with Crippen molar-refractivity contribution in [3.05, 3.63) is 0 Å². The van der Waals surface area contributed by atoms with Crippen molar-refractivity contribution in [2.45, 2.75) is 53.4 Å². The van der Waals surface area contributed by atoms with Crippen LogP contribution in [-0.2, 0) is 4.74 Å². The fourth-order valence-electron chi connectivity index (χ4n) is 4.52. The van der Waals surface area contributed by atoms with Gasteiger partial charge in [0.05, 0.1) is 6.61 Å². The van der Waals surface area contributed by atoms with E-state index in [1.807, 2.05) is 0 Å². The van der Waals surface area contributed by atoms with E-state index in [-0.39, 0.29) is 0 Å². The first-order valence-corrected chi connectivity index (χ1v) is 7.14. The SMILES string of the molecule is CC(C)C1CCCC2(CCOC2)C1C(C)C. The van der Waals surface area contributed by atoms with Gasteiger partial charge >= 0.3 is 0 Å². The second-order valence-corrected chi connectivity index (χ2v) is 6.73. The number of hydrogen-bond donors (Lipinski definition) is 0. The predicted octanol–water partition coefficient (Wildman–Crippen LogP) is 4.12. The molecule has 1 saturated carbocycles. The van der Waals surface area contributed by atoms with E-state index in [0.29, 0.717) is 5.41 Å². The molecule has 1 aliphatic heterocycles. The molecule has 0 N–H and O–H groups in total. The molecule has 2 rings (SSSR count). The van der Waals surface area contributed by atoms with E-state index in [4.69, 9.17) is 4.74 Å². The molecule has 0 aromatic carbocycles. The summed E-state index contributed by atoms with van der Waals surface area (Å²) in [5, 5.41) is 0. The average molecular weight is 224 g/mol. The van der Waals surface area contributed by atoms with Gasteiger partial charge in [-0.3, -0.25) is 0 Å². The van der Waals surface area contributed by atoms with Crippen molar-refractivity contribution < 1.29 is 4.74 Å². The molecule has 0 radical (unpaired) electrons. The number of hydrogen-bond acceptors (Lipinski definition) is 1. The molecule has 3 atom stereocenters. The summed E-state index contributed by atoms with van der Waals surface area (Å²) in [5.41, 5.74) is 0.543. The molecule has 0 amide bonds. The van der Waals surface area contributed by atoms with Gasteiger partial charge in [-0.25, -0.2) is 0 Å². The molecular formula is C15H28O. The summed E-state index contributed by atoms with van der Waals surface area (Å²) >= 11 is 0. The molecule has 1 saturated heterocycles. The quantitative estimate of drug-likeness (QED) is 0.685. The monoisotopic (exact) mass is 224 g/mol. The zero-order valence-electron chi connectivity index (χ0n) is 11.5. The van der Waals surface area contributed by atoms with E-state index in [1.165, 1.54) is 25.7 Å². The molecule has 2 fully saturated rings. The molecule has 0 aromatic rings. The van der Waals surface area contributed by atoms with Gasteiger partial charge in [-0.15, -0.1) is 0 Å². The lowest BCUT2D eigenvalue weighted by molar-refractivity contribution is -0.0181. The lowest BCUT2D eigenvalue weighted by atomic mass is 9.55. The van der Waals surface area contributed by atoms with Crippen LogP contribution >= 0.6 is 0 Å².